The van der Waals surface area contributed by atoms with E-state index in [-0.39, 0.29) is 100 Å². The third-order valence-electron chi connectivity index (χ3n) is 19.3. The molecule has 0 unspecified atom stereocenters. The maximum atomic E-state index is 13.0. The highest BCUT2D eigenvalue weighted by Gasteiger charge is 2.45. The van der Waals surface area contributed by atoms with E-state index in [0.29, 0.717) is 71.5 Å². The van der Waals surface area contributed by atoms with E-state index in [2.05, 4.69) is 62.5 Å². The molecular formula is C69H88N20O8. The molecule has 4 N–H and O–H groups in total. The van der Waals surface area contributed by atoms with Crippen molar-refractivity contribution in [2.75, 3.05) is 28.2 Å². The Morgan fingerprint density at radius 1 is 0.340 bits per heavy atom. The van der Waals surface area contributed by atoms with Crippen LogP contribution in [0.2, 0.25) is 0 Å². The fraction of sp³-hybridized carbons (Fsp3) is 0.478. The molecule has 4 saturated heterocycles. The van der Waals surface area contributed by atoms with E-state index in [4.69, 9.17) is 18.9 Å². The van der Waals surface area contributed by atoms with Crippen LogP contribution in [0, 0.1) is 5.41 Å². The van der Waals surface area contributed by atoms with Crippen LogP contribution in [-0.2, 0) is 97.5 Å². The minimum Gasteiger partial charge on any atom is -0.487 e. The van der Waals surface area contributed by atoms with Crippen molar-refractivity contribution in [3.8, 4) is 23.0 Å². The smallest absolute Gasteiger partial charge is 0.241 e. The molecule has 12 rings (SSSR count). The van der Waals surface area contributed by atoms with Gasteiger partial charge in [-0.25, -0.2) is 0 Å². The molecule has 0 aliphatic carbocycles. The van der Waals surface area contributed by atoms with Crippen molar-refractivity contribution >= 4 is 23.6 Å². The molecule has 4 aromatic heterocycles. The number of nitrogens with one attached hydrogen (secondary N) is 4. The molecule has 4 amide bonds. The number of nitrogens with zero attached hydrogens (tertiary/aromatic N) is 16. The Morgan fingerprint density at radius 2 is 0.536 bits per heavy atom. The zero-order valence-corrected chi connectivity index (χ0v) is 57.3. The summed E-state index contributed by atoms with van der Waals surface area (Å²) < 4.78 is 32.2. The van der Waals surface area contributed by atoms with Crippen LogP contribution in [0.4, 0.5) is 0 Å². The summed E-state index contributed by atoms with van der Waals surface area (Å²) in [5, 5.41) is 50.7. The first-order chi connectivity index (χ1) is 46.1. The number of hydrogen-bond acceptors (Lipinski definition) is 20. The number of amides is 4. The first kappa shape index (κ1) is 67.3. The Hall–Kier alpha value is -9.64. The largest absolute Gasteiger partial charge is 0.487 e. The Morgan fingerprint density at radius 3 is 0.711 bits per heavy atom. The van der Waals surface area contributed by atoms with Gasteiger partial charge in [-0.05, 0) is 152 Å². The molecule has 4 aliphatic rings. The highest BCUT2D eigenvalue weighted by molar-refractivity contribution is 5.86. The van der Waals surface area contributed by atoms with Crippen molar-refractivity contribution in [1.82, 2.24) is 101 Å². The maximum absolute atomic E-state index is 13.0. The number of ether oxygens (including phenoxy) is 4. The summed E-state index contributed by atoms with van der Waals surface area (Å²) in [5.74, 6) is 2.77. The van der Waals surface area contributed by atoms with Gasteiger partial charge in [0.25, 0.3) is 0 Å². The van der Waals surface area contributed by atoms with Crippen LogP contribution in [0.1, 0.15) is 100 Å². The lowest BCUT2D eigenvalue weighted by molar-refractivity contribution is -0.130. The van der Waals surface area contributed by atoms with Gasteiger partial charge < -0.3 is 38.5 Å². The molecule has 4 aromatic carbocycles. The summed E-state index contributed by atoms with van der Waals surface area (Å²) in [5.41, 5.74) is 3.73. The number of aromatic nitrogens is 12. The van der Waals surface area contributed by atoms with E-state index in [0.717, 1.165) is 22.3 Å². The normalized spacial score (nSPS) is 20.4. The van der Waals surface area contributed by atoms with Gasteiger partial charge in [-0.1, -0.05) is 69.4 Å². The number of likely N-dealkylation sites (N-methyl/N-ethyl adjacent to an activating group) is 4. The van der Waals surface area contributed by atoms with E-state index in [1.54, 1.807) is 38.3 Å². The van der Waals surface area contributed by atoms with Crippen LogP contribution >= 0.6 is 0 Å². The van der Waals surface area contributed by atoms with Crippen LogP contribution in [-0.4, -0.2) is 178 Å². The van der Waals surface area contributed by atoms with Crippen LogP contribution in [0.5, 0.6) is 23.0 Å². The molecule has 4 fully saturated rings. The van der Waals surface area contributed by atoms with Crippen molar-refractivity contribution in [3.63, 3.8) is 0 Å². The van der Waals surface area contributed by atoms with E-state index in [1.165, 1.54) is 0 Å². The summed E-state index contributed by atoms with van der Waals surface area (Å²) >= 11 is 0. The van der Waals surface area contributed by atoms with Crippen LogP contribution < -0.4 is 40.2 Å². The summed E-state index contributed by atoms with van der Waals surface area (Å²) in [6.45, 7) is 17.5. The summed E-state index contributed by atoms with van der Waals surface area (Å²) in [6, 6.07) is 29.6. The highest BCUT2D eigenvalue weighted by atomic mass is 16.5. The average molecular weight is 1330 g/mol. The minimum atomic E-state index is -0.884. The molecule has 97 heavy (non-hydrogen) atoms. The van der Waals surface area contributed by atoms with E-state index in [9.17, 15) is 19.2 Å². The Balaban J connectivity index is 0.778. The molecule has 8 heterocycles. The number of rotatable bonds is 28. The summed E-state index contributed by atoms with van der Waals surface area (Å²) in [7, 11) is 7.27. The van der Waals surface area contributed by atoms with Gasteiger partial charge in [0.15, 0.2) is 0 Å². The Labute approximate surface area is 564 Å². The summed E-state index contributed by atoms with van der Waals surface area (Å²) in [4.78, 5) is 58.9. The number of carbonyl (C=O) groups excluding carboxylic acids is 4. The lowest BCUT2D eigenvalue weighted by Crippen LogP contribution is -2.45. The predicted octanol–water partition coefficient (Wildman–Crippen LogP) is 4.29. The molecular weight excluding hydrogens is 1240 g/mol. The van der Waals surface area contributed by atoms with Crippen molar-refractivity contribution < 1.29 is 38.1 Å². The predicted molar refractivity (Wildman–Crippen MR) is 356 cm³/mol. The molecule has 28 nitrogen and oxygen atoms in total. The molecule has 0 bridgehead atoms. The zero-order valence-electron chi connectivity index (χ0n) is 57.3. The Bertz CT molecular complexity index is 3560. The fourth-order valence-corrected chi connectivity index (χ4v) is 13.0. The second kappa shape index (κ2) is 27.1. The lowest BCUT2D eigenvalue weighted by atomic mass is 9.87. The van der Waals surface area contributed by atoms with E-state index >= 15 is 0 Å². The molecule has 4 aliphatic heterocycles. The fourth-order valence-electron chi connectivity index (χ4n) is 13.0. The second-order valence-electron chi connectivity index (χ2n) is 28.3. The monoisotopic (exact) mass is 1320 g/mol. The lowest BCUT2D eigenvalue weighted by Gasteiger charge is -2.33. The van der Waals surface area contributed by atoms with E-state index in [1.807, 2.05) is 205 Å². The van der Waals surface area contributed by atoms with Crippen molar-refractivity contribution in [3.05, 3.63) is 167 Å². The number of benzene rings is 4. The molecule has 0 spiro atoms. The SMILES string of the molecule is CN1C(=O)[C@H](Cc2ccc(OCc3cn(CC(Cn4cc(COc5ccc(C[C@@H]6NC(C)(C)N(C)C6=O)cc5)nn4)(Cn4cc(COc5ccc(C[C@@H]6NC(C)(C)N(C)C6=O)cc5)nn4)Cn4cc(COc5ccc(C[C@@H]6NC(C)(C)N(C)C6=O)cc5)nn4)nn3)cc2)NC1(C)C. The second-order valence-corrected chi connectivity index (χ2v) is 28.3. The van der Waals surface area contributed by atoms with Crippen molar-refractivity contribution in [2.24, 2.45) is 5.41 Å². The molecule has 28 heteroatoms. The first-order valence-corrected chi connectivity index (χ1v) is 32.8. The molecule has 0 radical (unpaired) electrons. The van der Waals surface area contributed by atoms with Gasteiger partial charge in [0, 0.05) is 33.6 Å². The van der Waals surface area contributed by atoms with Crippen molar-refractivity contribution in [1.29, 1.82) is 0 Å². The molecule has 8 aromatic rings. The first-order valence-electron chi connectivity index (χ1n) is 32.8. The number of carbonyl (C=O) groups is 4. The van der Waals surface area contributed by atoms with E-state index < -0.39 is 28.1 Å². The van der Waals surface area contributed by atoms with Crippen LogP contribution in [0.15, 0.2) is 122 Å². The third kappa shape index (κ3) is 15.6. The molecule has 512 valence electrons. The zero-order chi connectivity index (χ0) is 68.6. The van der Waals surface area contributed by atoms with Gasteiger partial charge in [-0.2, -0.15) is 0 Å². The van der Waals surface area contributed by atoms with Gasteiger partial charge >= 0.3 is 0 Å². The standard InChI is InChI=1S/C69H88N20O8/c1-65(2)70-57(61(90)82(65)9)29-45-13-21-53(22-14-45)94-37-49-33-86(78-74-49)41-69(42-87-34-50(75-79-87)38-95-54-23-15-46(16-24-54)30-58-62(91)83(10)66(3,4)71-58,43-88-35-51(76-80-88)39-96-55-25-17-47(18-26-55)31-59-63(92)84(11)67(5,6)72-59)44-89-36-52(77-81-89)40-97-56-27-19-48(20-28-56)32-60-64(93)85(12)68(7,8)73-60/h13-28,33-36,57-60,70-73H,29-32,37-44H2,1-12H3/t57-,58-,59-,60-/m0/s1. The quantitative estimate of drug-likeness (QED) is 0.0532. The minimum absolute atomic E-state index is 0.0564. The van der Waals surface area contributed by atoms with Crippen LogP contribution in [0.3, 0.4) is 0 Å². The van der Waals surface area contributed by atoms with Gasteiger partial charge in [0.1, 0.15) is 72.2 Å². The molecule has 0 saturated carbocycles. The van der Waals surface area contributed by atoms with Gasteiger partial charge in [0.2, 0.25) is 23.6 Å². The summed E-state index contributed by atoms with van der Waals surface area (Å²) in [6.07, 6.45) is 9.59. The number of hydrogen-bond donors (Lipinski definition) is 4. The van der Waals surface area contributed by atoms with Gasteiger partial charge in [-0.15, -0.1) is 20.4 Å². The van der Waals surface area contributed by atoms with Crippen LogP contribution in [0.25, 0.3) is 0 Å². The third-order valence-corrected chi connectivity index (χ3v) is 19.3. The Kier molecular flexibility index (Phi) is 18.8. The highest BCUT2D eigenvalue weighted by Crippen LogP contribution is 2.31. The van der Waals surface area contributed by atoms with Gasteiger partial charge in [0.05, 0.1) is 97.8 Å². The molecule has 4 atom stereocenters. The van der Waals surface area contributed by atoms with Crippen molar-refractivity contribution in [2.45, 2.75) is 180 Å². The maximum Gasteiger partial charge on any atom is 0.241 e. The average Bonchev–Trinajstić information content (AvgIpc) is 1.77. The topological polar surface area (TPSA) is 289 Å². The van der Waals surface area contributed by atoms with Gasteiger partial charge in [-0.3, -0.25) is 59.2 Å².